The zero-order chi connectivity index (χ0) is 12.8. The minimum absolute atomic E-state index is 0.103. The molecule has 1 heterocycles. The molecule has 1 aromatic rings. The van der Waals surface area contributed by atoms with Gasteiger partial charge in [0.25, 0.3) is 0 Å². The zero-order valence-electron chi connectivity index (χ0n) is 9.68. The molecule has 0 bridgehead atoms. The number of aromatic nitrogens is 1. The highest BCUT2D eigenvalue weighted by Gasteiger charge is 1.98. The van der Waals surface area contributed by atoms with E-state index in [9.17, 15) is 9.59 Å². The lowest BCUT2D eigenvalue weighted by Crippen LogP contribution is -2.18. The van der Waals surface area contributed by atoms with Crippen LogP contribution in [0.15, 0.2) is 24.4 Å². The van der Waals surface area contributed by atoms with E-state index >= 15 is 0 Å². The number of likely N-dealkylation sites (N-methyl/N-ethyl adjacent to an activating group) is 1. The maximum absolute atomic E-state index is 11.3. The Bertz CT molecular complexity index is 470. The average molecular weight is 234 g/mol. The Kier molecular flexibility index (Phi) is 4.28. The van der Waals surface area contributed by atoms with Gasteiger partial charge in [-0.3, -0.25) is 4.79 Å². The molecule has 0 aromatic carbocycles. The molecule has 0 aliphatic heterocycles. The summed E-state index contributed by atoms with van der Waals surface area (Å²) in [6.07, 6.45) is 7.31. The molecule has 0 radical (unpaired) electrons. The summed E-state index contributed by atoms with van der Waals surface area (Å²) < 4.78 is 0. The quantitative estimate of drug-likeness (QED) is 0.769. The molecule has 1 aromatic heterocycles. The Hall–Kier alpha value is -2.30. The van der Waals surface area contributed by atoms with Gasteiger partial charge in [0.05, 0.1) is 0 Å². The Morgan fingerprint density at radius 2 is 2.00 bits per heavy atom. The number of carboxylic acid groups (broad SMARTS) is 1. The first-order valence-corrected chi connectivity index (χ1v) is 4.98. The van der Waals surface area contributed by atoms with Crippen molar-refractivity contribution >= 4 is 24.0 Å². The summed E-state index contributed by atoms with van der Waals surface area (Å²) in [5.74, 6) is -1.10. The molecule has 0 atom stereocenters. The molecule has 1 rings (SSSR count). The van der Waals surface area contributed by atoms with Gasteiger partial charge in [0, 0.05) is 38.1 Å². The van der Waals surface area contributed by atoms with E-state index in [1.807, 2.05) is 0 Å². The van der Waals surface area contributed by atoms with Crippen LogP contribution in [0.3, 0.4) is 0 Å². The third-order valence-corrected chi connectivity index (χ3v) is 1.99. The molecular weight excluding hydrogens is 220 g/mol. The molecule has 1 amide bonds. The SMILES string of the molecule is CN(C)C(=O)/C=C/c1c[nH]c(C=CC(=O)O)c1. The maximum atomic E-state index is 11.3. The Morgan fingerprint density at radius 1 is 1.29 bits per heavy atom. The number of rotatable bonds is 4. The first-order chi connectivity index (χ1) is 7.99. The van der Waals surface area contributed by atoms with E-state index in [4.69, 9.17) is 5.11 Å². The molecule has 0 saturated carbocycles. The molecule has 90 valence electrons. The largest absolute Gasteiger partial charge is 0.478 e. The summed E-state index contributed by atoms with van der Waals surface area (Å²) in [7, 11) is 3.34. The number of hydrogen-bond donors (Lipinski definition) is 2. The van der Waals surface area contributed by atoms with Crippen molar-refractivity contribution in [2.24, 2.45) is 0 Å². The summed E-state index contributed by atoms with van der Waals surface area (Å²) in [4.78, 5) is 25.9. The Balaban J connectivity index is 2.69. The van der Waals surface area contributed by atoms with E-state index < -0.39 is 5.97 Å². The second kappa shape index (κ2) is 5.69. The molecule has 17 heavy (non-hydrogen) atoms. The first-order valence-electron chi connectivity index (χ1n) is 4.98. The number of aromatic amines is 1. The average Bonchev–Trinajstić information content (AvgIpc) is 2.70. The van der Waals surface area contributed by atoms with Crippen LogP contribution >= 0.6 is 0 Å². The number of nitrogens with one attached hydrogen (secondary N) is 1. The summed E-state index contributed by atoms with van der Waals surface area (Å²) >= 11 is 0. The number of carboxylic acids is 1. The van der Waals surface area contributed by atoms with Crippen LogP contribution in [-0.4, -0.2) is 41.0 Å². The second-order valence-corrected chi connectivity index (χ2v) is 3.63. The van der Waals surface area contributed by atoms with Gasteiger partial charge >= 0.3 is 5.97 Å². The van der Waals surface area contributed by atoms with Crippen molar-refractivity contribution in [1.82, 2.24) is 9.88 Å². The highest BCUT2D eigenvalue weighted by Crippen LogP contribution is 2.07. The normalized spacial score (nSPS) is 11.2. The van der Waals surface area contributed by atoms with E-state index in [2.05, 4.69) is 4.98 Å². The third-order valence-electron chi connectivity index (χ3n) is 1.99. The zero-order valence-corrected chi connectivity index (χ0v) is 9.68. The fraction of sp³-hybridized carbons (Fsp3) is 0.167. The molecule has 0 fully saturated rings. The minimum atomic E-state index is -1.00. The lowest BCUT2D eigenvalue weighted by atomic mass is 10.2. The number of hydrogen-bond acceptors (Lipinski definition) is 2. The number of H-pyrrole nitrogens is 1. The predicted octanol–water partition coefficient (Wildman–Crippen LogP) is 1.21. The van der Waals surface area contributed by atoms with Gasteiger partial charge in [0.1, 0.15) is 0 Å². The van der Waals surface area contributed by atoms with Crippen molar-refractivity contribution in [3.63, 3.8) is 0 Å². The first kappa shape index (κ1) is 12.8. The highest BCUT2D eigenvalue weighted by molar-refractivity contribution is 5.91. The molecule has 2 N–H and O–H groups in total. The van der Waals surface area contributed by atoms with Crippen molar-refractivity contribution in [3.05, 3.63) is 35.7 Å². The van der Waals surface area contributed by atoms with E-state index in [1.54, 1.807) is 32.4 Å². The van der Waals surface area contributed by atoms with Crippen molar-refractivity contribution in [2.75, 3.05) is 14.1 Å². The highest BCUT2D eigenvalue weighted by atomic mass is 16.4. The summed E-state index contributed by atoms with van der Waals surface area (Å²) in [5.41, 5.74) is 1.48. The molecule has 0 spiro atoms. The maximum Gasteiger partial charge on any atom is 0.328 e. The van der Waals surface area contributed by atoms with Crippen molar-refractivity contribution in [2.45, 2.75) is 0 Å². The molecule has 0 aliphatic carbocycles. The second-order valence-electron chi connectivity index (χ2n) is 3.63. The molecular formula is C12H14N2O3. The summed E-state index contributed by atoms with van der Waals surface area (Å²) in [6.45, 7) is 0. The fourth-order valence-corrected chi connectivity index (χ4v) is 1.10. The van der Waals surface area contributed by atoms with Crippen LogP contribution in [0.2, 0.25) is 0 Å². The van der Waals surface area contributed by atoms with Gasteiger partial charge in [-0.1, -0.05) is 0 Å². The van der Waals surface area contributed by atoms with E-state index in [0.717, 1.165) is 11.6 Å². The van der Waals surface area contributed by atoms with Gasteiger partial charge in [0.15, 0.2) is 0 Å². The van der Waals surface area contributed by atoms with Gasteiger partial charge in [-0.15, -0.1) is 0 Å². The van der Waals surface area contributed by atoms with Gasteiger partial charge in [-0.25, -0.2) is 4.79 Å². The van der Waals surface area contributed by atoms with Crippen LogP contribution in [0.1, 0.15) is 11.3 Å². The number of carbonyl (C=O) groups is 2. The van der Waals surface area contributed by atoms with Crippen LogP contribution in [0.5, 0.6) is 0 Å². The minimum Gasteiger partial charge on any atom is -0.478 e. The van der Waals surface area contributed by atoms with E-state index in [0.29, 0.717) is 5.69 Å². The lowest BCUT2D eigenvalue weighted by Gasteiger charge is -2.04. The van der Waals surface area contributed by atoms with Gasteiger partial charge < -0.3 is 15.0 Å². The number of aliphatic carboxylic acids is 1. The standard InChI is InChI=1S/C12H14N2O3/c1-14(2)11(15)5-3-9-7-10(13-8-9)4-6-12(16)17/h3-8,13H,1-2H3,(H,16,17)/b5-3+,6-4?. The monoisotopic (exact) mass is 234 g/mol. The van der Waals surface area contributed by atoms with Gasteiger partial charge in [0.2, 0.25) is 5.91 Å². The number of carbonyl (C=O) groups excluding carboxylic acids is 1. The van der Waals surface area contributed by atoms with E-state index in [1.165, 1.54) is 17.1 Å². The smallest absolute Gasteiger partial charge is 0.328 e. The Morgan fingerprint density at radius 3 is 2.59 bits per heavy atom. The van der Waals surface area contributed by atoms with Gasteiger partial charge in [-0.05, 0) is 23.8 Å². The summed E-state index contributed by atoms with van der Waals surface area (Å²) in [5, 5.41) is 8.45. The van der Waals surface area contributed by atoms with Crippen LogP contribution in [-0.2, 0) is 9.59 Å². The number of amides is 1. The van der Waals surface area contributed by atoms with Crippen molar-refractivity contribution < 1.29 is 14.7 Å². The van der Waals surface area contributed by atoms with Crippen LogP contribution in [0.25, 0.3) is 12.2 Å². The van der Waals surface area contributed by atoms with Gasteiger partial charge in [-0.2, -0.15) is 0 Å². The molecule has 5 heteroatoms. The Labute approximate surface area is 99.1 Å². The van der Waals surface area contributed by atoms with E-state index in [-0.39, 0.29) is 5.91 Å². The topological polar surface area (TPSA) is 73.4 Å². The fourth-order valence-electron chi connectivity index (χ4n) is 1.10. The van der Waals surface area contributed by atoms with Crippen molar-refractivity contribution in [3.8, 4) is 0 Å². The number of nitrogens with zero attached hydrogens (tertiary/aromatic N) is 1. The molecule has 5 nitrogen and oxygen atoms in total. The predicted molar refractivity (Wildman–Crippen MR) is 65.2 cm³/mol. The van der Waals surface area contributed by atoms with Crippen molar-refractivity contribution in [1.29, 1.82) is 0 Å². The van der Waals surface area contributed by atoms with Crippen LogP contribution in [0.4, 0.5) is 0 Å². The lowest BCUT2D eigenvalue weighted by molar-refractivity contribution is -0.131. The van der Waals surface area contributed by atoms with Crippen LogP contribution < -0.4 is 0 Å². The molecule has 0 saturated heterocycles. The summed E-state index contributed by atoms with van der Waals surface area (Å²) in [6, 6.07) is 1.75. The molecule has 0 aliphatic rings. The van der Waals surface area contributed by atoms with Crippen LogP contribution in [0, 0.1) is 0 Å². The molecule has 0 unspecified atom stereocenters. The third kappa shape index (κ3) is 4.38.